The van der Waals surface area contributed by atoms with E-state index in [9.17, 15) is 2.74 Å². The van der Waals surface area contributed by atoms with Crippen molar-refractivity contribution in [3.05, 3.63) is 194 Å². The minimum Gasteiger partial charge on any atom is -0.309 e. The fourth-order valence-corrected chi connectivity index (χ4v) is 6.90. The molecule has 0 aliphatic rings. The fraction of sp³-hybridized carbons (Fsp3) is 0. The molecule has 8 aromatic carbocycles. The molecule has 0 N–H and O–H groups in total. The summed E-state index contributed by atoms with van der Waals surface area (Å²) in [5, 5.41) is 2.08. The van der Waals surface area contributed by atoms with Crippen LogP contribution in [0.4, 0.5) is 0 Å². The van der Waals surface area contributed by atoms with Gasteiger partial charge in [0, 0.05) is 27.5 Å². The summed E-state index contributed by atoms with van der Waals surface area (Å²) in [6.45, 7) is 0. The van der Waals surface area contributed by atoms with Crippen molar-refractivity contribution in [3.8, 4) is 62.1 Å². The van der Waals surface area contributed by atoms with E-state index in [1.165, 1.54) is 4.57 Å². The second kappa shape index (κ2) is 12.9. The molecule has 2 heterocycles. The first kappa shape index (κ1) is 23.3. The Morgan fingerprint density at radius 1 is 0.377 bits per heavy atom. The molecule has 4 nitrogen and oxygen atoms in total. The van der Waals surface area contributed by atoms with E-state index in [-0.39, 0.29) is 27.6 Å². The van der Waals surface area contributed by atoms with E-state index in [1.54, 1.807) is 6.07 Å². The highest BCUT2D eigenvalue weighted by atomic mass is 15.1. The van der Waals surface area contributed by atoms with Crippen molar-refractivity contribution in [1.29, 1.82) is 0 Å². The highest BCUT2D eigenvalue weighted by Crippen LogP contribution is 2.38. The molecule has 0 saturated carbocycles. The molecule has 0 unspecified atom stereocenters. The van der Waals surface area contributed by atoms with Gasteiger partial charge in [0.05, 0.1) is 27.7 Å². The molecule has 2 aromatic heterocycles. The van der Waals surface area contributed by atoms with Gasteiger partial charge in [0.2, 0.25) is 0 Å². The van der Waals surface area contributed by atoms with Gasteiger partial charge in [-0.3, -0.25) is 0 Å². The number of benzene rings is 8. The fourth-order valence-electron chi connectivity index (χ4n) is 6.90. The van der Waals surface area contributed by atoms with E-state index in [1.807, 2.05) is 133 Å². The van der Waals surface area contributed by atoms with Gasteiger partial charge in [-0.1, -0.05) is 164 Å². The van der Waals surface area contributed by atoms with Crippen LogP contribution in [-0.2, 0) is 0 Å². The van der Waals surface area contributed by atoms with Crippen LogP contribution in [0.2, 0.25) is 0 Å². The Morgan fingerprint density at radius 3 is 1.53 bits per heavy atom. The third-order valence-corrected chi connectivity index (χ3v) is 9.51. The van der Waals surface area contributed by atoms with Crippen LogP contribution in [0.5, 0.6) is 0 Å². The van der Waals surface area contributed by atoms with Crippen LogP contribution in [0.3, 0.4) is 0 Å². The molecule has 248 valence electrons. The van der Waals surface area contributed by atoms with E-state index in [4.69, 9.17) is 23.2 Å². The van der Waals surface area contributed by atoms with Crippen molar-refractivity contribution in [2.75, 3.05) is 0 Å². The first-order valence-corrected chi connectivity index (χ1v) is 17.2. The van der Waals surface area contributed by atoms with Crippen LogP contribution in [-0.4, -0.2) is 19.5 Å². The van der Waals surface area contributed by atoms with Crippen molar-refractivity contribution in [2.45, 2.75) is 0 Å². The summed E-state index contributed by atoms with van der Waals surface area (Å²) in [5.74, 6) is 1.02. The number of nitrogens with zero attached hydrogens (tertiary/aromatic N) is 4. The lowest BCUT2D eigenvalue weighted by molar-refractivity contribution is 1.06. The summed E-state index contributed by atoms with van der Waals surface area (Å²) in [4.78, 5) is 15.2. The molecule has 10 aromatic rings. The molecule has 0 aliphatic carbocycles. The number of aromatic nitrogens is 4. The average Bonchev–Trinajstić information content (AvgIpc) is 3.68. The van der Waals surface area contributed by atoms with Crippen LogP contribution in [0, 0.1) is 0 Å². The molecule has 53 heavy (non-hydrogen) atoms. The summed E-state index contributed by atoms with van der Waals surface area (Å²) in [5.41, 5.74) is 6.02. The zero-order valence-electron chi connectivity index (χ0n) is 36.1. The highest BCUT2D eigenvalue weighted by molar-refractivity contribution is 6.09. The Bertz CT molecular complexity index is 3310. The number of rotatable bonds is 6. The Hall–Kier alpha value is -7.17. The summed E-state index contributed by atoms with van der Waals surface area (Å²) in [6.07, 6.45) is 0. The van der Waals surface area contributed by atoms with Crippen LogP contribution in [0.15, 0.2) is 194 Å². The molecule has 0 saturated heterocycles. The standard InChI is InChI=1S/C49H32N4/c1-3-13-33(14-4-1)35-23-26-37(27-24-35)48-50-47(36-16-5-2-6-17-36)51-49(52-48)43-32-40(39-28-25-34-15-7-8-18-38(34)31-39)29-30-46(43)53-44-21-11-9-19-41(44)42-20-10-12-22-45(42)53/h1-32H/i9D,10D,11D,12D,19D,20D,21D,22D. The number of fused-ring (bicyclic) bond motifs is 4. The first-order chi connectivity index (χ1) is 29.6. The maximum absolute atomic E-state index is 9.23. The predicted octanol–water partition coefficient (Wildman–Crippen LogP) is 12.5. The van der Waals surface area contributed by atoms with Gasteiger partial charge < -0.3 is 4.57 Å². The van der Waals surface area contributed by atoms with Crippen LogP contribution >= 0.6 is 0 Å². The Morgan fingerprint density at radius 2 is 0.849 bits per heavy atom. The average molecular weight is 685 g/mol. The molecule has 0 radical (unpaired) electrons. The zero-order chi connectivity index (χ0) is 42.1. The summed E-state index contributed by atoms with van der Waals surface area (Å²) in [6, 6.07) is 43.7. The largest absolute Gasteiger partial charge is 0.309 e. The summed E-state index contributed by atoms with van der Waals surface area (Å²) < 4.78 is 72.7. The third kappa shape index (κ3) is 5.54. The quantitative estimate of drug-likeness (QED) is 0.175. The lowest BCUT2D eigenvalue weighted by atomic mass is 9.98. The van der Waals surface area contributed by atoms with Gasteiger partial charge >= 0.3 is 0 Å². The Kier molecular flexibility index (Phi) is 5.66. The van der Waals surface area contributed by atoms with E-state index < -0.39 is 48.3 Å². The molecule has 4 heteroatoms. The Balaban J connectivity index is 1.31. The Labute approximate surface area is 318 Å². The van der Waals surface area contributed by atoms with Crippen molar-refractivity contribution in [1.82, 2.24) is 19.5 Å². The number of hydrogen-bond donors (Lipinski definition) is 0. The second-order valence-corrected chi connectivity index (χ2v) is 12.7. The lowest BCUT2D eigenvalue weighted by Gasteiger charge is -2.16. The second-order valence-electron chi connectivity index (χ2n) is 12.7. The van der Waals surface area contributed by atoms with Gasteiger partial charge in [-0.15, -0.1) is 0 Å². The van der Waals surface area contributed by atoms with E-state index >= 15 is 0 Å². The van der Waals surface area contributed by atoms with E-state index in [2.05, 4.69) is 6.07 Å². The van der Waals surface area contributed by atoms with Gasteiger partial charge in [-0.2, -0.15) is 0 Å². The zero-order valence-corrected chi connectivity index (χ0v) is 28.1. The number of para-hydroxylation sites is 2. The van der Waals surface area contributed by atoms with Crippen molar-refractivity contribution in [2.24, 2.45) is 0 Å². The van der Waals surface area contributed by atoms with Gasteiger partial charge in [0.15, 0.2) is 17.5 Å². The normalized spacial score (nSPS) is 13.5. The topological polar surface area (TPSA) is 43.6 Å². The highest BCUT2D eigenvalue weighted by Gasteiger charge is 2.20. The minimum absolute atomic E-state index is 0.00164. The van der Waals surface area contributed by atoms with Gasteiger partial charge in [0.1, 0.15) is 0 Å². The SMILES string of the molecule is [2H]c1c([2H])c([2H])c2c(c1[2H])c1c([2H])c([2H])c([2H])c([2H])c1n2-c1ccc(-c2ccc3ccccc3c2)cc1-c1nc(-c2ccccc2)nc(-c2ccc(-c3ccccc3)cc2)n1. The maximum Gasteiger partial charge on any atom is 0.166 e. The van der Waals surface area contributed by atoms with Crippen LogP contribution in [0.25, 0.3) is 94.7 Å². The summed E-state index contributed by atoms with van der Waals surface area (Å²) >= 11 is 0. The van der Waals surface area contributed by atoms with Crippen molar-refractivity contribution in [3.63, 3.8) is 0 Å². The van der Waals surface area contributed by atoms with Crippen LogP contribution < -0.4 is 0 Å². The molecule has 0 bridgehead atoms. The van der Waals surface area contributed by atoms with Crippen molar-refractivity contribution >= 4 is 32.6 Å². The molecule has 0 amide bonds. The molecule has 10 rings (SSSR count). The molecule has 0 atom stereocenters. The third-order valence-electron chi connectivity index (χ3n) is 9.51. The maximum atomic E-state index is 9.23. The van der Waals surface area contributed by atoms with Crippen LogP contribution in [0.1, 0.15) is 11.0 Å². The predicted molar refractivity (Wildman–Crippen MR) is 219 cm³/mol. The lowest BCUT2D eigenvalue weighted by Crippen LogP contribution is -2.04. The van der Waals surface area contributed by atoms with Crippen molar-refractivity contribution < 1.29 is 11.0 Å². The molecular formula is C49H32N4. The van der Waals surface area contributed by atoms with E-state index in [0.29, 0.717) is 22.9 Å². The molecule has 0 aliphatic heterocycles. The monoisotopic (exact) mass is 684 g/mol. The smallest absolute Gasteiger partial charge is 0.166 e. The molecular weight excluding hydrogens is 645 g/mol. The van der Waals surface area contributed by atoms with Gasteiger partial charge in [-0.05, 0) is 63.3 Å². The summed E-state index contributed by atoms with van der Waals surface area (Å²) in [7, 11) is 0. The molecule has 0 spiro atoms. The van der Waals surface area contributed by atoms with Gasteiger partial charge in [-0.25, -0.2) is 15.0 Å². The van der Waals surface area contributed by atoms with E-state index in [0.717, 1.165) is 44.2 Å². The van der Waals surface area contributed by atoms with Gasteiger partial charge in [0.25, 0.3) is 0 Å². The molecule has 0 fully saturated rings. The minimum atomic E-state index is -0.510. The first-order valence-electron chi connectivity index (χ1n) is 21.2. The number of hydrogen-bond acceptors (Lipinski definition) is 3.